The zero-order valence-electron chi connectivity index (χ0n) is 13.8. The van der Waals surface area contributed by atoms with Crippen LogP contribution in [0.5, 0.6) is 5.75 Å². The number of imide groups is 1. The van der Waals surface area contributed by atoms with Crippen molar-refractivity contribution in [3.8, 4) is 5.75 Å². The van der Waals surface area contributed by atoms with Crippen LogP contribution >= 0.6 is 0 Å². The van der Waals surface area contributed by atoms with E-state index in [1.807, 2.05) is 31.2 Å². The zero-order valence-corrected chi connectivity index (χ0v) is 13.8. The van der Waals surface area contributed by atoms with Crippen LogP contribution in [0, 0.1) is 0 Å². The van der Waals surface area contributed by atoms with Gasteiger partial charge < -0.3 is 19.3 Å². The van der Waals surface area contributed by atoms with Gasteiger partial charge in [-0.25, -0.2) is 4.79 Å². The summed E-state index contributed by atoms with van der Waals surface area (Å²) in [7, 11) is 2.89. The highest BCUT2D eigenvalue weighted by Crippen LogP contribution is 2.18. The average molecular weight is 322 g/mol. The molecular weight excluding hydrogens is 298 g/mol. The van der Waals surface area contributed by atoms with Crippen molar-refractivity contribution in [2.24, 2.45) is 0 Å². The van der Waals surface area contributed by atoms with Crippen LogP contribution in [0.2, 0.25) is 0 Å². The van der Waals surface area contributed by atoms with Crippen LogP contribution in [0.25, 0.3) is 0 Å². The molecule has 7 nitrogen and oxygen atoms in total. The number of nitrogens with one attached hydrogen (secondary N) is 2. The Morgan fingerprint density at radius 1 is 1.17 bits per heavy atom. The van der Waals surface area contributed by atoms with Gasteiger partial charge in [-0.2, -0.15) is 0 Å². The summed E-state index contributed by atoms with van der Waals surface area (Å²) >= 11 is 0. The monoisotopic (exact) mass is 322 g/mol. The van der Waals surface area contributed by atoms with Gasteiger partial charge in [0.05, 0.1) is 40.4 Å². The first kappa shape index (κ1) is 17.1. The Morgan fingerprint density at radius 2 is 1.78 bits per heavy atom. The lowest BCUT2D eigenvalue weighted by atomic mass is 10.2. The van der Waals surface area contributed by atoms with E-state index in [0.29, 0.717) is 0 Å². The van der Waals surface area contributed by atoms with Crippen LogP contribution in [0.4, 0.5) is 10.5 Å². The Balaban J connectivity index is 1.87. The van der Waals surface area contributed by atoms with Gasteiger partial charge in [0.2, 0.25) is 0 Å². The number of alkyl carbamates (subject to hydrolysis) is 1. The van der Waals surface area contributed by atoms with Gasteiger partial charge in [-0.15, -0.1) is 0 Å². The maximum atomic E-state index is 12.0. The highest BCUT2D eigenvalue weighted by Gasteiger charge is 2.30. The Bertz CT molecular complexity index is 539. The summed E-state index contributed by atoms with van der Waals surface area (Å²) in [4.78, 5) is 26.5. The number of ether oxygens (including phenoxy) is 2. The van der Waals surface area contributed by atoms with Gasteiger partial charge in [-0.3, -0.25) is 10.1 Å². The first-order valence-corrected chi connectivity index (χ1v) is 7.67. The second kappa shape index (κ2) is 7.82. The number of amides is 2. The van der Waals surface area contributed by atoms with Crippen LogP contribution in [0.15, 0.2) is 24.3 Å². The average Bonchev–Trinajstić information content (AvgIpc) is 2.61. The molecular formula is C16H24N3O4+. The summed E-state index contributed by atoms with van der Waals surface area (Å²) in [6.45, 7) is 5.22. The van der Waals surface area contributed by atoms with E-state index < -0.39 is 6.09 Å². The minimum absolute atomic E-state index is 0.285. The van der Waals surface area contributed by atoms with Gasteiger partial charge in [0.1, 0.15) is 5.75 Å². The largest absolute Gasteiger partial charge is 0.497 e. The molecule has 126 valence electrons. The normalized spacial score (nSPS) is 16.6. The molecule has 0 unspecified atom stereocenters. The number of hydrogen-bond donors (Lipinski definition) is 2. The van der Waals surface area contributed by atoms with Crippen molar-refractivity contribution in [3.05, 3.63) is 24.3 Å². The Morgan fingerprint density at radius 3 is 2.30 bits per heavy atom. The van der Waals surface area contributed by atoms with Crippen molar-refractivity contribution in [2.45, 2.75) is 13.0 Å². The van der Waals surface area contributed by atoms with Crippen molar-refractivity contribution >= 4 is 17.7 Å². The number of carbonyl (C=O) groups excluding carboxylic acids is 2. The topological polar surface area (TPSA) is 72.3 Å². The molecule has 0 saturated carbocycles. The van der Waals surface area contributed by atoms with Crippen molar-refractivity contribution in [1.29, 1.82) is 0 Å². The van der Waals surface area contributed by atoms with Gasteiger partial charge >= 0.3 is 6.09 Å². The molecule has 0 spiro atoms. The van der Waals surface area contributed by atoms with Gasteiger partial charge in [-0.05, 0) is 31.2 Å². The van der Waals surface area contributed by atoms with Gasteiger partial charge in [0.15, 0.2) is 6.04 Å². The SMILES string of the molecule is COC(=O)NC(=O)[C@H](C)[NH+]1CCN(c2ccc(OC)cc2)CC1. The van der Waals surface area contributed by atoms with Crippen LogP contribution in [0.3, 0.4) is 0 Å². The minimum Gasteiger partial charge on any atom is -0.497 e. The first-order valence-electron chi connectivity index (χ1n) is 7.67. The third-order valence-electron chi connectivity index (χ3n) is 4.26. The van der Waals surface area contributed by atoms with Crippen molar-refractivity contribution < 1.29 is 24.0 Å². The highest BCUT2D eigenvalue weighted by atomic mass is 16.5. The molecule has 1 atom stereocenters. The van der Waals surface area contributed by atoms with Gasteiger partial charge in [0, 0.05) is 5.69 Å². The number of benzene rings is 1. The van der Waals surface area contributed by atoms with Crippen LogP contribution in [0.1, 0.15) is 6.92 Å². The standard InChI is InChI=1S/C16H23N3O4/c1-12(15(20)17-16(21)23-3)18-8-10-19(11-9-18)13-4-6-14(22-2)7-5-13/h4-7,12H,8-11H2,1-3H3,(H,17,20,21)/p+1/t12-/m0/s1. The summed E-state index contributed by atoms with van der Waals surface area (Å²) < 4.78 is 9.62. The summed E-state index contributed by atoms with van der Waals surface area (Å²) in [5.41, 5.74) is 1.15. The minimum atomic E-state index is -0.710. The van der Waals surface area contributed by atoms with E-state index in [1.54, 1.807) is 7.11 Å². The lowest BCUT2D eigenvalue weighted by molar-refractivity contribution is -0.914. The summed E-state index contributed by atoms with van der Waals surface area (Å²) in [5, 5.41) is 2.23. The van der Waals surface area contributed by atoms with E-state index >= 15 is 0 Å². The number of piperazine rings is 1. The molecule has 1 saturated heterocycles. The molecule has 1 fully saturated rings. The molecule has 1 heterocycles. The van der Waals surface area contributed by atoms with Crippen LogP contribution in [-0.4, -0.2) is 58.4 Å². The molecule has 2 rings (SSSR count). The van der Waals surface area contributed by atoms with E-state index in [-0.39, 0.29) is 11.9 Å². The Labute approximate surface area is 136 Å². The van der Waals surface area contributed by atoms with E-state index in [1.165, 1.54) is 7.11 Å². The number of nitrogens with zero attached hydrogens (tertiary/aromatic N) is 1. The number of quaternary nitrogens is 1. The second-order valence-electron chi connectivity index (χ2n) is 5.55. The smallest absolute Gasteiger partial charge is 0.413 e. The Hall–Kier alpha value is -2.28. The van der Waals surface area contributed by atoms with Crippen molar-refractivity contribution in [2.75, 3.05) is 45.3 Å². The molecule has 1 aromatic carbocycles. The number of anilines is 1. The third-order valence-corrected chi connectivity index (χ3v) is 4.26. The second-order valence-corrected chi connectivity index (χ2v) is 5.55. The summed E-state index contributed by atoms with van der Waals surface area (Å²) in [5.74, 6) is 0.538. The van der Waals surface area contributed by atoms with Gasteiger partial charge in [0.25, 0.3) is 5.91 Å². The number of carbonyl (C=O) groups is 2. The van der Waals surface area contributed by atoms with Crippen molar-refractivity contribution in [3.63, 3.8) is 0 Å². The fourth-order valence-corrected chi connectivity index (χ4v) is 2.72. The molecule has 23 heavy (non-hydrogen) atoms. The van der Waals surface area contributed by atoms with Gasteiger partial charge in [-0.1, -0.05) is 0 Å². The van der Waals surface area contributed by atoms with E-state index in [4.69, 9.17) is 4.74 Å². The lowest BCUT2D eigenvalue weighted by Crippen LogP contribution is -3.19. The molecule has 7 heteroatoms. The maximum Gasteiger partial charge on any atom is 0.413 e. The summed E-state index contributed by atoms with van der Waals surface area (Å²) in [6.07, 6.45) is -0.710. The molecule has 0 aromatic heterocycles. The van der Waals surface area contributed by atoms with Crippen LogP contribution in [-0.2, 0) is 9.53 Å². The van der Waals surface area contributed by atoms with E-state index in [9.17, 15) is 9.59 Å². The fraction of sp³-hybridized carbons (Fsp3) is 0.500. The summed E-state index contributed by atoms with van der Waals surface area (Å²) in [6, 6.07) is 7.68. The quantitative estimate of drug-likeness (QED) is 0.794. The Kier molecular flexibility index (Phi) is 5.81. The molecule has 0 aliphatic carbocycles. The highest BCUT2D eigenvalue weighted by molar-refractivity contribution is 5.93. The molecule has 1 aliphatic rings. The van der Waals surface area contributed by atoms with E-state index in [0.717, 1.165) is 42.5 Å². The fourth-order valence-electron chi connectivity index (χ4n) is 2.72. The number of methoxy groups -OCH3 is 2. The van der Waals surface area contributed by atoms with Crippen LogP contribution < -0.4 is 19.9 Å². The molecule has 0 bridgehead atoms. The first-order chi connectivity index (χ1) is 11.0. The maximum absolute atomic E-state index is 12.0. The molecule has 1 aliphatic heterocycles. The molecule has 1 aromatic rings. The lowest BCUT2D eigenvalue weighted by Gasteiger charge is -2.35. The number of rotatable bonds is 4. The predicted octanol–water partition coefficient (Wildman–Crippen LogP) is -0.329. The van der Waals surface area contributed by atoms with Crippen molar-refractivity contribution in [1.82, 2.24) is 5.32 Å². The van der Waals surface area contributed by atoms with E-state index in [2.05, 4.69) is 15.0 Å². The molecule has 0 radical (unpaired) electrons. The molecule has 2 N–H and O–H groups in total. The molecule has 2 amide bonds. The third kappa shape index (κ3) is 4.35. The predicted molar refractivity (Wildman–Crippen MR) is 85.9 cm³/mol. The zero-order chi connectivity index (χ0) is 16.8. The number of hydrogen-bond acceptors (Lipinski definition) is 5.